The fourth-order valence-electron chi connectivity index (χ4n) is 2.96. The molecule has 0 aromatic heterocycles. The summed E-state index contributed by atoms with van der Waals surface area (Å²) >= 11 is 0. The number of hydrogen-bond donors (Lipinski definition) is 2. The van der Waals surface area contributed by atoms with E-state index in [1.165, 1.54) is 0 Å². The van der Waals surface area contributed by atoms with Crippen molar-refractivity contribution in [2.45, 2.75) is 43.8 Å². The van der Waals surface area contributed by atoms with Gasteiger partial charge in [-0.2, -0.15) is 13.2 Å². The normalized spacial score (nSPS) is 25.3. The third kappa shape index (κ3) is 2.83. The number of benzene rings is 1. The highest BCUT2D eigenvalue weighted by Crippen LogP contribution is 2.44. The van der Waals surface area contributed by atoms with Crippen LogP contribution in [0.25, 0.3) is 0 Å². The number of aliphatic hydroxyl groups excluding tert-OH is 1. The van der Waals surface area contributed by atoms with Gasteiger partial charge < -0.3 is 5.11 Å². The summed E-state index contributed by atoms with van der Waals surface area (Å²) in [6.45, 7) is 2.73. The Morgan fingerprint density at radius 1 is 1.15 bits per heavy atom. The van der Waals surface area contributed by atoms with Crippen molar-refractivity contribution in [2.24, 2.45) is 0 Å². The molecule has 2 N–H and O–H groups in total. The lowest BCUT2D eigenvalue weighted by molar-refractivity contribution is -0.131. The van der Waals surface area contributed by atoms with Crippen LogP contribution in [-0.4, -0.2) is 24.4 Å². The molecule has 0 heterocycles. The molecule has 112 valence electrons. The zero-order valence-corrected chi connectivity index (χ0v) is 11.7. The second-order valence-electron chi connectivity index (χ2n) is 6.14. The number of nitrogens with one attached hydrogen (secondary N) is 1. The van der Waals surface area contributed by atoms with Crippen molar-refractivity contribution in [3.8, 4) is 0 Å². The van der Waals surface area contributed by atoms with Crippen LogP contribution in [0.15, 0.2) is 24.3 Å². The van der Waals surface area contributed by atoms with Crippen LogP contribution in [0.1, 0.15) is 37.8 Å². The minimum Gasteiger partial charge on any atom is -0.394 e. The smallest absolute Gasteiger partial charge is 0.394 e. The molecule has 0 amide bonds. The molecule has 0 bridgehead atoms. The van der Waals surface area contributed by atoms with Gasteiger partial charge in [0, 0.05) is 0 Å². The van der Waals surface area contributed by atoms with E-state index in [-0.39, 0.29) is 12.0 Å². The Bertz CT molecular complexity index is 484. The third-order valence-corrected chi connectivity index (χ3v) is 4.25. The number of hydrogen-bond acceptors (Lipinski definition) is 2. The standard InChI is InChI=1S/C15H20F3NO/c1-13(2)7-8-14(10-20,19-9-15(16,17)18)12-6-4-3-5-11(12)13/h3-6,19-20H,7-10H2,1-2H3. The number of alkyl halides is 3. The first-order valence-corrected chi connectivity index (χ1v) is 6.73. The molecule has 1 aliphatic rings. The summed E-state index contributed by atoms with van der Waals surface area (Å²) in [5.74, 6) is 0. The molecule has 20 heavy (non-hydrogen) atoms. The van der Waals surface area contributed by atoms with E-state index in [1.54, 1.807) is 6.07 Å². The van der Waals surface area contributed by atoms with E-state index in [0.717, 1.165) is 17.5 Å². The van der Waals surface area contributed by atoms with Gasteiger partial charge in [0.15, 0.2) is 0 Å². The highest BCUT2D eigenvalue weighted by atomic mass is 19.4. The predicted molar refractivity (Wildman–Crippen MR) is 71.5 cm³/mol. The van der Waals surface area contributed by atoms with Crippen LogP contribution in [0.4, 0.5) is 13.2 Å². The number of halogens is 3. The van der Waals surface area contributed by atoms with Gasteiger partial charge in [0.25, 0.3) is 0 Å². The number of aliphatic hydroxyl groups is 1. The van der Waals surface area contributed by atoms with Crippen LogP contribution < -0.4 is 5.32 Å². The fourth-order valence-corrected chi connectivity index (χ4v) is 2.96. The first kappa shape index (κ1) is 15.3. The molecule has 0 spiro atoms. The molecule has 1 unspecified atom stereocenters. The molecule has 1 aliphatic carbocycles. The Kier molecular flexibility index (Phi) is 3.86. The Balaban J connectivity index is 2.40. The first-order chi connectivity index (χ1) is 9.20. The topological polar surface area (TPSA) is 32.3 Å². The number of fused-ring (bicyclic) bond motifs is 1. The molecule has 0 saturated heterocycles. The van der Waals surface area contributed by atoms with Gasteiger partial charge in [-0.1, -0.05) is 38.1 Å². The Labute approximate surface area is 117 Å². The van der Waals surface area contributed by atoms with Crippen molar-refractivity contribution >= 4 is 0 Å². The maximum Gasteiger partial charge on any atom is 0.401 e. The minimum atomic E-state index is -4.29. The Morgan fingerprint density at radius 2 is 1.75 bits per heavy atom. The molecule has 0 fully saturated rings. The van der Waals surface area contributed by atoms with Crippen LogP contribution in [0.3, 0.4) is 0 Å². The summed E-state index contributed by atoms with van der Waals surface area (Å²) in [5.41, 5.74) is 0.703. The van der Waals surface area contributed by atoms with Gasteiger partial charge in [-0.25, -0.2) is 0 Å². The molecular weight excluding hydrogens is 267 g/mol. The van der Waals surface area contributed by atoms with Crippen LogP contribution in [-0.2, 0) is 11.0 Å². The van der Waals surface area contributed by atoms with E-state index in [2.05, 4.69) is 19.2 Å². The summed E-state index contributed by atoms with van der Waals surface area (Å²) in [6.07, 6.45) is -3.07. The fraction of sp³-hybridized carbons (Fsp3) is 0.600. The van der Waals surface area contributed by atoms with Crippen molar-refractivity contribution in [1.29, 1.82) is 0 Å². The summed E-state index contributed by atoms with van der Waals surface area (Å²) < 4.78 is 37.5. The molecule has 0 radical (unpaired) electrons. The van der Waals surface area contributed by atoms with Gasteiger partial charge in [-0.05, 0) is 29.4 Å². The highest BCUT2D eigenvalue weighted by Gasteiger charge is 2.44. The van der Waals surface area contributed by atoms with Gasteiger partial charge in [-0.3, -0.25) is 5.32 Å². The van der Waals surface area contributed by atoms with Gasteiger partial charge in [0.05, 0.1) is 18.7 Å². The Hall–Kier alpha value is -1.07. The summed E-state index contributed by atoms with van der Waals surface area (Å²) in [7, 11) is 0. The molecule has 5 heteroatoms. The lowest BCUT2D eigenvalue weighted by Gasteiger charge is -2.45. The van der Waals surface area contributed by atoms with E-state index in [0.29, 0.717) is 6.42 Å². The summed E-state index contributed by atoms with van der Waals surface area (Å²) in [4.78, 5) is 0. The second-order valence-corrected chi connectivity index (χ2v) is 6.14. The molecule has 0 aliphatic heterocycles. The van der Waals surface area contributed by atoms with E-state index in [1.807, 2.05) is 18.2 Å². The molecule has 1 aromatic carbocycles. The van der Waals surface area contributed by atoms with Crippen LogP contribution in [0.2, 0.25) is 0 Å². The molecule has 1 atom stereocenters. The maximum atomic E-state index is 12.5. The Morgan fingerprint density at radius 3 is 2.30 bits per heavy atom. The molecular formula is C15H20F3NO. The van der Waals surface area contributed by atoms with E-state index >= 15 is 0 Å². The molecule has 2 rings (SSSR count). The zero-order valence-electron chi connectivity index (χ0n) is 11.7. The zero-order chi connectivity index (χ0) is 15.0. The number of rotatable bonds is 3. The SMILES string of the molecule is CC1(C)CCC(CO)(NCC(F)(F)F)c2ccccc21. The average molecular weight is 287 g/mol. The first-order valence-electron chi connectivity index (χ1n) is 6.73. The van der Waals surface area contributed by atoms with Crippen molar-refractivity contribution in [2.75, 3.05) is 13.2 Å². The van der Waals surface area contributed by atoms with E-state index in [4.69, 9.17) is 0 Å². The maximum absolute atomic E-state index is 12.5. The van der Waals surface area contributed by atoms with Crippen LogP contribution in [0.5, 0.6) is 0 Å². The lowest BCUT2D eigenvalue weighted by Crippen LogP contribution is -2.53. The molecule has 2 nitrogen and oxygen atoms in total. The highest BCUT2D eigenvalue weighted by molar-refractivity contribution is 5.41. The largest absolute Gasteiger partial charge is 0.401 e. The summed E-state index contributed by atoms with van der Waals surface area (Å²) in [6, 6.07) is 7.45. The van der Waals surface area contributed by atoms with Gasteiger partial charge in [0.2, 0.25) is 0 Å². The molecule has 1 aromatic rings. The van der Waals surface area contributed by atoms with E-state index < -0.39 is 18.3 Å². The second kappa shape index (κ2) is 5.04. The van der Waals surface area contributed by atoms with Gasteiger partial charge >= 0.3 is 6.18 Å². The third-order valence-electron chi connectivity index (χ3n) is 4.25. The van der Waals surface area contributed by atoms with Crippen molar-refractivity contribution in [3.63, 3.8) is 0 Å². The minimum absolute atomic E-state index is 0.0881. The summed E-state index contributed by atoms with van der Waals surface area (Å²) in [5, 5.41) is 12.3. The van der Waals surface area contributed by atoms with E-state index in [9.17, 15) is 18.3 Å². The van der Waals surface area contributed by atoms with Crippen molar-refractivity contribution in [3.05, 3.63) is 35.4 Å². The predicted octanol–water partition coefficient (Wildman–Crippen LogP) is 3.10. The van der Waals surface area contributed by atoms with Crippen LogP contribution >= 0.6 is 0 Å². The average Bonchev–Trinajstić information content (AvgIpc) is 2.38. The molecule has 0 saturated carbocycles. The van der Waals surface area contributed by atoms with Gasteiger partial charge in [-0.15, -0.1) is 0 Å². The van der Waals surface area contributed by atoms with Crippen molar-refractivity contribution < 1.29 is 18.3 Å². The quantitative estimate of drug-likeness (QED) is 0.895. The van der Waals surface area contributed by atoms with Crippen molar-refractivity contribution in [1.82, 2.24) is 5.32 Å². The van der Waals surface area contributed by atoms with Gasteiger partial charge in [0.1, 0.15) is 0 Å². The monoisotopic (exact) mass is 287 g/mol. The lowest BCUT2D eigenvalue weighted by atomic mass is 9.65. The van der Waals surface area contributed by atoms with Crippen LogP contribution in [0, 0.1) is 0 Å².